The van der Waals surface area contributed by atoms with Gasteiger partial charge in [-0.25, -0.2) is 9.82 Å². The van der Waals surface area contributed by atoms with Gasteiger partial charge in [0.25, 0.3) is 5.91 Å². The van der Waals surface area contributed by atoms with Crippen molar-refractivity contribution in [2.75, 3.05) is 12.9 Å². The number of methoxy groups -OCH3 is 1. The number of rotatable bonds is 8. The number of benzene rings is 3. The molecule has 0 spiro atoms. The molecule has 4 aromatic rings. The lowest BCUT2D eigenvalue weighted by molar-refractivity contribution is -0.118. The molecule has 9 heteroatoms. The highest BCUT2D eigenvalue weighted by molar-refractivity contribution is 7.99. The Morgan fingerprint density at radius 1 is 1.06 bits per heavy atom. The number of hydrogen-bond donors (Lipinski definition) is 1. The van der Waals surface area contributed by atoms with E-state index in [1.165, 1.54) is 24.0 Å². The van der Waals surface area contributed by atoms with Crippen molar-refractivity contribution in [3.05, 3.63) is 90.2 Å². The standard InChI is InChI=1S/C24H20FN5O2S/c1-32-20-13-11-19(12-14-20)30-23(17-7-3-2-4-8-17)28-29-24(30)33-16-22(31)27-26-15-18-9-5-6-10-21(18)25/h2-15H,16H2,1H3,(H,27,31). The van der Waals surface area contributed by atoms with Crippen LogP contribution in [0.15, 0.2) is 89.1 Å². The van der Waals surface area contributed by atoms with Crippen LogP contribution >= 0.6 is 11.8 Å². The molecule has 7 nitrogen and oxygen atoms in total. The Labute approximate surface area is 194 Å². The van der Waals surface area contributed by atoms with E-state index < -0.39 is 5.82 Å². The van der Waals surface area contributed by atoms with E-state index in [2.05, 4.69) is 20.7 Å². The molecule has 0 radical (unpaired) electrons. The van der Waals surface area contributed by atoms with E-state index in [1.807, 2.05) is 59.2 Å². The van der Waals surface area contributed by atoms with E-state index >= 15 is 0 Å². The summed E-state index contributed by atoms with van der Waals surface area (Å²) < 4.78 is 20.8. The number of carbonyl (C=O) groups is 1. The van der Waals surface area contributed by atoms with Gasteiger partial charge in [0.05, 0.1) is 19.1 Å². The summed E-state index contributed by atoms with van der Waals surface area (Å²) in [6.07, 6.45) is 1.27. The van der Waals surface area contributed by atoms with Gasteiger partial charge in [-0.3, -0.25) is 9.36 Å². The van der Waals surface area contributed by atoms with Crippen molar-refractivity contribution in [3.8, 4) is 22.8 Å². The minimum absolute atomic E-state index is 0.0533. The summed E-state index contributed by atoms with van der Waals surface area (Å²) >= 11 is 1.22. The smallest absolute Gasteiger partial charge is 0.250 e. The Morgan fingerprint density at radius 2 is 1.79 bits per heavy atom. The molecule has 4 rings (SSSR count). The molecule has 0 saturated carbocycles. The maximum absolute atomic E-state index is 13.6. The first-order chi connectivity index (χ1) is 16.2. The van der Waals surface area contributed by atoms with E-state index in [0.29, 0.717) is 11.0 Å². The van der Waals surface area contributed by atoms with E-state index in [-0.39, 0.29) is 17.2 Å². The number of nitrogens with one attached hydrogen (secondary N) is 1. The molecule has 166 valence electrons. The SMILES string of the molecule is COc1ccc(-n2c(SCC(=O)NN=Cc3ccccc3F)nnc2-c2ccccc2)cc1. The van der Waals surface area contributed by atoms with Crippen molar-refractivity contribution in [1.82, 2.24) is 20.2 Å². The van der Waals surface area contributed by atoms with Gasteiger partial charge in [-0.05, 0) is 30.3 Å². The van der Waals surface area contributed by atoms with Crippen molar-refractivity contribution >= 4 is 23.9 Å². The van der Waals surface area contributed by atoms with Gasteiger partial charge in [0, 0.05) is 16.8 Å². The first-order valence-electron chi connectivity index (χ1n) is 10.00. The zero-order chi connectivity index (χ0) is 23.0. The fourth-order valence-corrected chi connectivity index (χ4v) is 3.76. The summed E-state index contributed by atoms with van der Waals surface area (Å²) in [5, 5.41) is 13.0. The average molecular weight is 462 g/mol. The van der Waals surface area contributed by atoms with Crippen LogP contribution in [0.1, 0.15) is 5.56 Å². The maximum Gasteiger partial charge on any atom is 0.250 e. The molecule has 3 aromatic carbocycles. The summed E-state index contributed by atoms with van der Waals surface area (Å²) in [6.45, 7) is 0. The Bertz CT molecular complexity index is 1260. The van der Waals surface area contributed by atoms with Crippen molar-refractivity contribution < 1.29 is 13.9 Å². The quantitative estimate of drug-likeness (QED) is 0.240. The van der Waals surface area contributed by atoms with Crippen LogP contribution in [-0.4, -0.2) is 39.7 Å². The monoisotopic (exact) mass is 461 g/mol. The molecular weight excluding hydrogens is 441 g/mol. The van der Waals surface area contributed by atoms with E-state index in [4.69, 9.17) is 4.74 Å². The molecule has 0 fully saturated rings. The maximum atomic E-state index is 13.6. The summed E-state index contributed by atoms with van der Waals surface area (Å²) in [5.41, 5.74) is 4.43. The van der Waals surface area contributed by atoms with Gasteiger partial charge >= 0.3 is 0 Å². The van der Waals surface area contributed by atoms with E-state index in [0.717, 1.165) is 17.0 Å². The molecule has 33 heavy (non-hydrogen) atoms. The van der Waals surface area contributed by atoms with Crippen molar-refractivity contribution in [1.29, 1.82) is 0 Å². The zero-order valence-electron chi connectivity index (χ0n) is 17.7. The third-order valence-electron chi connectivity index (χ3n) is 4.63. The van der Waals surface area contributed by atoms with Gasteiger partial charge < -0.3 is 4.74 Å². The number of thioether (sulfide) groups is 1. The highest BCUT2D eigenvalue weighted by atomic mass is 32.2. The lowest BCUT2D eigenvalue weighted by Crippen LogP contribution is -2.20. The molecule has 0 atom stereocenters. The molecule has 0 aliphatic heterocycles. The molecule has 1 N–H and O–H groups in total. The minimum atomic E-state index is -0.411. The highest BCUT2D eigenvalue weighted by Gasteiger charge is 2.17. The minimum Gasteiger partial charge on any atom is -0.497 e. The number of hydrazone groups is 1. The predicted molar refractivity (Wildman–Crippen MR) is 126 cm³/mol. The summed E-state index contributed by atoms with van der Waals surface area (Å²) in [7, 11) is 1.61. The lowest BCUT2D eigenvalue weighted by atomic mass is 10.2. The zero-order valence-corrected chi connectivity index (χ0v) is 18.5. The summed E-state index contributed by atoms with van der Waals surface area (Å²) in [4.78, 5) is 12.3. The van der Waals surface area contributed by atoms with Gasteiger partial charge in [-0.2, -0.15) is 5.10 Å². The number of ether oxygens (including phenoxy) is 1. The van der Waals surface area contributed by atoms with Crippen molar-refractivity contribution in [2.24, 2.45) is 5.10 Å². The molecule has 0 aliphatic rings. The molecule has 1 amide bonds. The lowest BCUT2D eigenvalue weighted by Gasteiger charge is -2.11. The Balaban J connectivity index is 1.51. The van der Waals surface area contributed by atoms with Crippen LogP contribution in [-0.2, 0) is 4.79 Å². The third-order valence-corrected chi connectivity index (χ3v) is 5.56. The Kier molecular flexibility index (Phi) is 7.11. The van der Waals surface area contributed by atoms with Crippen LogP contribution in [0, 0.1) is 5.82 Å². The number of carbonyl (C=O) groups excluding carboxylic acids is 1. The molecule has 1 aromatic heterocycles. The molecule has 0 aliphatic carbocycles. The topological polar surface area (TPSA) is 81.4 Å². The van der Waals surface area contributed by atoms with Crippen LogP contribution in [0.5, 0.6) is 5.75 Å². The van der Waals surface area contributed by atoms with E-state index in [1.54, 1.807) is 25.3 Å². The Morgan fingerprint density at radius 3 is 2.52 bits per heavy atom. The predicted octanol–water partition coefficient (Wildman–Crippen LogP) is 4.32. The number of amides is 1. The Hall–Kier alpha value is -3.98. The van der Waals surface area contributed by atoms with Crippen LogP contribution in [0.25, 0.3) is 17.1 Å². The highest BCUT2D eigenvalue weighted by Crippen LogP contribution is 2.28. The number of halogens is 1. The van der Waals surface area contributed by atoms with Crippen molar-refractivity contribution in [2.45, 2.75) is 5.16 Å². The fraction of sp³-hybridized carbons (Fsp3) is 0.0833. The molecular formula is C24H20FN5O2S. The molecule has 0 unspecified atom stereocenters. The van der Waals surface area contributed by atoms with Crippen LogP contribution < -0.4 is 10.2 Å². The fourth-order valence-electron chi connectivity index (χ4n) is 3.02. The normalized spacial score (nSPS) is 11.0. The molecule has 0 saturated heterocycles. The summed E-state index contributed by atoms with van der Waals surface area (Å²) in [6, 6.07) is 23.4. The average Bonchev–Trinajstić information content (AvgIpc) is 3.28. The number of aromatic nitrogens is 3. The van der Waals surface area contributed by atoms with Gasteiger partial charge in [0.2, 0.25) is 0 Å². The van der Waals surface area contributed by atoms with Crippen molar-refractivity contribution in [3.63, 3.8) is 0 Å². The van der Waals surface area contributed by atoms with Gasteiger partial charge in [0.1, 0.15) is 11.6 Å². The van der Waals surface area contributed by atoms with Gasteiger partial charge in [-0.15, -0.1) is 10.2 Å². The van der Waals surface area contributed by atoms with Crippen LogP contribution in [0.4, 0.5) is 4.39 Å². The summed E-state index contributed by atoms with van der Waals surface area (Å²) in [5.74, 6) is 0.678. The van der Waals surface area contributed by atoms with Crippen LogP contribution in [0.2, 0.25) is 0 Å². The second kappa shape index (κ2) is 10.6. The third kappa shape index (κ3) is 5.45. The van der Waals surface area contributed by atoms with E-state index in [9.17, 15) is 9.18 Å². The van der Waals surface area contributed by atoms with Gasteiger partial charge in [0.15, 0.2) is 11.0 Å². The van der Waals surface area contributed by atoms with Crippen LogP contribution in [0.3, 0.4) is 0 Å². The first kappa shape index (κ1) is 22.2. The largest absolute Gasteiger partial charge is 0.497 e. The second-order valence-corrected chi connectivity index (χ2v) is 7.75. The van der Waals surface area contributed by atoms with Gasteiger partial charge in [-0.1, -0.05) is 60.3 Å². The molecule has 0 bridgehead atoms. The first-order valence-corrected chi connectivity index (χ1v) is 11.0. The molecule has 1 heterocycles. The number of hydrogen-bond acceptors (Lipinski definition) is 6. The second-order valence-electron chi connectivity index (χ2n) is 6.81. The number of nitrogens with zero attached hydrogens (tertiary/aromatic N) is 4.